The molecule has 4 rings (SSSR count). The van der Waals surface area contributed by atoms with Gasteiger partial charge in [0.05, 0.1) is 12.1 Å². The van der Waals surface area contributed by atoms with Crippen LogP contribution in [0.25, 0.3) is 11.1 Å². The summed E-state index contributed by atoms with van der Waals surface area (Å²) in [4.78, 5) is 30.4. The fourth-order valence-corrected chi connectivity index (χ4v) is 4.74. The van der Waals surface area contributed by atoms with E-state index in [0.717, 1.165) is 29.5 Å². The van der Waals surface area contributed by atoms with E-state index in [1.54, 1.807) is 12.3 Å². The zero-order valence-electron chi connectivity index (χ0n) is 18.1. The van der Waals surface area contributed by atoms with Crippen molar-refractivity contribution < 1.29 is 9.59 Å². The molecule has 1 aliphatic rings. The number of nitrogens with zero attached hydrogens (tertiary/aromatic N) is 3. The van der Waals surface area contributed by atoms with Crippen molar-refractivity contribution >= 4 is 28.3 Å². The molecule has 2 heterocycles. The smallest absolute Gasteiger partial charge is 0.257 e. The first-order valence-corrected chi connectivity index (χ1v) is 11.8. The molecule has 2 atom stereocenters. The number of nitrogens with one attached hydrogen (secondary N) is 1. The minimum Gasteiger partial charge on any atom is -0.368 e. The molecule has 2 aromatic carbocycles. The number of piperidine rings is 1. The Morgan fingerprint density at radius 2 is 2.03 bits per heavy atom. The van der Waals surface area contributed by atoms with Crippen LogP contribution in [0.15, 0.2) is 60.1 Å². The second kappa shape index (κ2) is 10.4. The number of aromatic nitrogens is 1. The molecule has 2 amide bonds. The van der Waals surface area contributed by atoms with Crippen molar-refractivity contribution in [2.45, 2.75) is 37.8 Å². The van der Waals surface area contributed by atoms with Gasteiger partial charge in [0.1, 0.15) is 6.04 Å². The van der Waals surface area contributed by atoms with E-state index in [1.165, 1.54) is 11.3 Å². The lowest BCUT2D eigenvalue weighted by atomic mass is 9.95. The summed E-state index contributed by atoms with van der Waals surface area (Å²) in [5.74, 6) is -0.560. The highest BCUT2D eigenvalue weighted by atomic mass is 32.1. The predicted octanol–water partition coefficient (Wildman–Crippen LogP) is 3.84. The molecule has 1 fully saturated rings. The summed E-state index contributed by atoms with van der Waals surface area (Å²) in [5.41, 5.74) is 9.04. The van der Waals surface area contributed by atoms with Crippen LogP contribution in [0.5, 0.6) is 0 Å². The third-order valence-electron chi connectivity index (χ3n) is 5.92. The molecule has 1 aromatic heterocycles. The highest BCUT2D eigenvalue weighted by Gasteiger charge is 2.32. The average Bonchev–Trinajstić information content (AvgIpc) is 3.36. The molecule has 8 heteroatoms. The van der Waals surface area contributed by atoms with Gasteiger partial charge in [0, 0.05) is 30.1 Å². The fraction of sp³-hybridized carbons (Fsp3) is 0.280. The zero-order chi connectivity index (χ0) is 23.2. The highest BCUT2D eigenvalue weighted by Crippen LogP contribution is 2.25. The van der Waals surface area contributed by atoms with E-state index >= 15 is 0 Å². The van der Waals surface area contributed by atoms with E-state index in [-0.39, 0.29) is 17.9 Å². The third-order valence-corrected chi connectivity index (χ3v) is 6.60. The highest BCUT2D eigenvalue weighted by molar-refractivity contribution is 7.13. The molecule has 1 aliphatic heterocycles. The monoisotopic (exact) mass is 459 g/mol. The predicted molar refractivity (Wildman–Crippen MR) is 129 cm³/mol. The lowest BCUT2D eigenvalue weighted by Crippen LogP contribution is -2.52. The Bertz CT molecular complexity index is 1150. The molecule has 168 valence electrons. The van der Waals surface area contributed by atoms with E-state index in [9.17, 15) is 14.9 Å². The Labute approximate surface area is 196 Å². The van der Waals surface area contributed by atoms with Crippen LogP contribution in [-0.4, -0.2) is 40.3 Å². The molecule has 0 spiro atoms. The molecule has 7 nitrogen and oxygen atoms in total. The minimum absolute atomic E-state index is 0.203. The van der Waals surface area contributed by atoms with E-state index in [4.69, 9.17) is 5.73 Å². The van der Waals surface area contributed by atoms with Gasteiger partial charge < -0.3 is 5.73 Å². The number of rotatable bonds is 7. The van der Waals surface area contributed by atoms with Crippen molar-refractivity contribution in [3.63, 3.8) is 0 Å². The summed E-state index contributed by atoms with van der Waals surface area (Å²) >= 11 is 1.37. The molecule has 0 radical (unpaired) electrons. The Morgan fingerprint density at radius 3 is 2.73 bits per heavy atom. The van der Waals surface area contributed by atoms with Crippen LogP contribution in [0, 0.1) is 11.3 Å². The number of anilines is 1. The number of carbonyl (C=O) groups excluding carboxylic acids is 2. The van der Waals surface area contributed by atoms with Gasteiger partial charge in [-0.1, -0.05) is 42.8 Å². The van der Waals surface area contributed by atoms with Crippen molar-refractivity contribution in [1.29, 1.82) is 5.26 Å². The van der Waals surface area contributed by atoms with Crippen molar-refractivity contribution in [1.82, 2.24) is 9.88 Å². The molecule has 0 bridgehead atoms. The molecule has 0 aliphatic carbocycles. The van der Waals surface area contributed by atoms with Gasteiger partial charge >= 0.3 is 0 Å². The summed E-state index contributed by atoms with van der Waals surface area (Å²) < 4.78 is 0. The Balaban J connectivity index is 1.46. The van der Waals surface area contributed by atoms with Crippen LogP contribution in [-0.2, 0) is 11.2 Å². The lowest BCUT2D eigenvalue weighted by Gasteiger charge is -2.36. The van der Waals surface area contributed by atoms with Crippen LogP contribution in [0.3, 0.4) is 0 Å². The van der Waals surface area contributed by atoms with Gasteiger partial charge in [0.25, 0.3) is 5.91 Å². The van der Waals surface area contributed by atoms with Gasteiger partial charge in [0.15, 0.2) is 5.13 Å². The fourth-order valence-electron chi connectivity index (χ4n) is 4.22. The summed E-state index contributed by atoms with van der Waals surface area (Å²) in [6.07, 6.45) is 4.80. The minimum atomic E-state index is -0.397. The normalized spacial score (nSPS) is 17.1. The first-order chi connectivity index (χ1) is 16.0. The Kier molecular flexibility index (Phi) is 7.13. The van der Waals surface area contributed by atoms with Gasteiger partial charge in [-0.05, 0) is 41.7 Å². The molecule has 1 unspecified atom stereocenters. The van der Waals surface area contributed by atoms with Gasteiger partial charge in [-0.2, -0.15) is 5.26 Å². The molecule has 3 aromatic rings. The van der Waals surface area contributed by atoms with E-state index in [0.29, 0.717) is 30.1 Å². The summed E-state index contributed by atoms with van der Waals surface area (Å²) in [6.45, 7) is 0.708. The number of primary amides is 1. The number of benzene rings is 2. The van der Waals surface area contributed by atoms with Gasteiger partial charge in [-0.15, -0.1) is 11.3 Å². The number of hydrogen-bond donors (Lipinski definition) is 2. The number of likely N-dealkylation sites (tertiary alicyclic amines) is 1. The average molecular weight is 460 g/mol. The molecule has 0 saturated carbocycles. The summed E-state index contributed by atoms with van der Waals surface area (Å²) in [6, 6.07) is 17.0. The number of hydrogen-bond acceptors (Lipinski definition) is 6. The SMILES string of the molecule is N#C[C@H](Cc1ccc(-c2cccc(C(=O)Nc3nccs3)c2)cc1)N1CCCCC1C(N)=O. The van der Waals surface area contributed by atoms with E-state index < -0.39 is 6.04 Å². The number of thiazole rings is 1. The maximum Gasteiger partial charge on any atom is 0.257 e. The molecular formula is C25H25N5O2S. The summed E-state index contributed by atoms with van der Waals surface area (Å²) in [5, 5.41) is 14.9. The van der Waals surface area contributed by atoms with Crippen LogP contribution in [0.4, 0.5) is 5.13 Å². The van der Waals surface area contributed by atoms with Crippen LogP contribution in [0.2, 0.25) is 0 Å². The van der Waals surface area contributed by atoms with Gasteiger partial charge in [-0.3, -0.25) is 19.8 Å². The molecule has 3 N–H and O–H groups in total. The number of nitrogens with two attached hydrogens (primary N) is 1. The molecule has 1 saturated heterocycles. The maximum atomic E-state index is 12.5. The van der Waals surface area contributed by atoms with Crippen LogP contribution >= 0.6 is 11.3 Å². The second-order valence-corrected chi connectivity index (χ2v) is 8.96. The quantitative estimate of drug-likeness (QED) is 0.558. The number of amides is 2. The van der Waals surface area contributed by atoms with E-state index in [1.807, 2.05) is 52.7 Å². The maximum absolute atomic E-state index is 12.5. The standard InChI is InChI=1S/C25H25N5O2S/c26-16-21(30-12-2-1-6-22(30)23(27)31)14-17-7-9-18(10-8-17)19-4-3-5-20(15-19)24(32)29-25-28-11-13-33-25/h3-5,7-11,13,15,21-22H,1-2,6,12,14H2,(H2,27,31)(H,28,29,32)/t21-,22?/m0/s1. The van der Waals surface area contributed by atoms with E-state index in [2.05, 4.69) is 16.4 Å². The largest absolute Gasteiger partial charge is 0.368 e. The van der Waals surface area contributed by atoms with Crippen molar-refractivity contribution in [2.75, 3.05) is 11.9 Å². The molecule has 33 heavy (non-hydrogen) atoms. The molecular weight excluding hydrogens is 434 g/mol. The van der Waals surface area contributed by atoms with Crippen molar-refractivity contribution in [3.8, 4) is 17.2 Å². The first-order valence-electron chi connectivity index (χ1n) is 10.9. The van der Waals surface area contributed by atoms with Crippen LogP contribution < -0.4 is 11.1 Å². The van der Waals surface area contributed by atoms with Gasteiger partial charge in [-0.25, -0.2) is 4.98 Å². The Hall–Kier alpha value is -3.54. The van der Waals surface area contributed by atoms with Crippen molar-refractivity contribution in [2.24, 2.45) is 5.73 Å². The zero-order valence-corrected chi connectivity index (χ0v) is 18.9. The topological polar surface area (TPSA) is 112 Å². The first kappa shape index (κ1) is 22.6. The lowest BCUT2D eigenvalue weighted by molar-refractivity contribution is -0.125. The third kappa shape index (κ3) is 5.45. The summed E-state index contributed by atoms with van der Waals surface area (Å²) in [7, 11) is 0. The van der Waals surface area contributed by atoms with Gasteiger partial charge in [0.2, 0.25) is 5.91 Å². The van der Waals surface area contributed by atoms with Crippen molar-refractivity contribution in [3.05, 3.63) is 71.2 Å². The second-order valence-electron chi connectivity index (χ2n) is 8.07. The number of carbonyl (C=O) groups is 2. The Morgan fingerprint density at radius 1 is 1.21 bits per heavy atom. The van der Waals surface area contributed by atoms with Crippen LogP contribution in [0.1, 0.15) is 35.2 Å². The number of nitriles is 1.